The smallest absolute Gasteiger partial charge is 0.328 e. The van der Waals surface area contributed by atoms with Crippen molar-refractivity contribution in [2.75, 3.05) is 5.32 Å². The average Bonchev–Trinajstić information content (AvgIpc) is 2.18. The van der Waals surface area contributed by atoms with Gasteiger partial charge in [0.2, 0.25) is 5.91 Å². The van der Waals surface area contributed by atoms with Gasteiger partial charge in [0.1, 0.15) is 0 Å². The van der Waals surface area contributed by atoms with Crippen molar-refractivity contribution >= 4 is 17.6 Å². The van der Waals surface area contributed by atoms with Crippen molar-refractivity contribution in [2.45, 2.75) is 0 Å². The second-order valence-corrected chi connectivity index (χ2v) is 2.66. The van der Waals surface area contributed by atoms with Gasteiger partial charge in [-0.25, -0.2) is 4.79 Å². The fourth-order valence-corrected chi connectivity index (χ4v) is 0.891. The molecule has 0 fully saturated rings. The number of carbonyl (C=O) groups excluding carboxylic acids is 1. The van der Waals surface area contributed by atoms with Crippen molar-refractivity contribution in [2.24, 2.45) is 0 Å². The van der Waals surface area contributed by atoms with Crippen LogP contribution in [0.4, 0.5) is 5.69 Å². The number of amides is 1. The van der Waals surface area contributed by atoms with Crippen LogP contribution in [0, 0.1) is 0 Å². The molecule has 0 atom stereocenters. The van der Waals surface area contributed by atoms with Crippen LogP contribution in [0.2, 0.25) is 0 Å². The molecule has 0 unspecified atom stereocenters. The Morgan fingerprint density at radius 2 is 1.93 bits per heavy atom. The Morgan fingerprint density at radius 1 is 1.27 bits per heavy atom. The molecule has 78 valence electrons. The van der Waals surface area contributed by atoms with Crippen LogP contribution < -0.4 is 10.4 Å². The molecule has 1 rings (SSSR count). The zero-order valence-corrected chi connectivity index (χ0v) is 7.64. The van der Waals surface area contributed by atoms with Crippen LogP contribution in [0.25, 0.3) is 0 Å². The number of hydrogen-bond donors (Lipinski definition) is 2. The van der Waals surface area contributed by atoms with E-state index in [1.807, 2.05) is 0 Å². The van der Waals surface area contributed by atoms with Gasteiger partial charge in [-0.15, -0.1) is 0 Å². The Balaban J connectivity index is 2.67. The van der Waals surface area contributed by atoms with E-state index in [4.69, 9.17) is 5.11 Å². The number of nitrogens with one attached hydrogen (secondary N) is 1. The van der Waals surface area contributed by atoms with E-state index in [0.717, 1.165) is 6.08 Å². The maximum atomic E-state index is 11.1. The summed E-state index contributed by atoms with van der Waals surface area (Å²) in [6.07, 6.45) is 1.54. The summed E-state index contributed by atoms with van der Waals surface area (Å²) in [5, 5.41) is 21.7. The van der Waals surface area contributed by atoms with E-state index in [1.165, 1.54) is 12.1 Å². The number of anilines is 1. The molecule has 0 bridgehead atoms. The Hall–Kier alpha value is -2.30. The third kappa shape index (κ3) is 3.51. The normalized spacial score (nSPS) is 10.1. The number of carboxylic acid groups (broad SMARTS) is 1. The summed E-state index contributed by atoms with van der Waals surface area (Å²) in [5.41, 5.74) is 0.123. The monoisotopic (exact) mass is 206 g/mol. The quantitative estimate of drug-likeness (QED) is 0.698. The second kappa shape index (κ2) is 4.80. The molecule has 1 aromatic carbocycles. The molecule has 2 N–H and O–H groups in total. The first kappa shape index (κ1) is 10.8. The molecule has 0 spiro atoms. The number of rotatable bonds is 3. The van der Waals surface area contributed by atoms with Gasteiger partial charge < -0.3 is 15.5 Å². The summed E-state index contributed by atoms with van der Waals surface area (Å²) in [7, 11) is 0. The van der Waals surface area contributed by atoms with Gasteiger partial charge in [-0.1, -0.05) is 23.9 Å². The third-order valence-electron chi connectivity index (χ3n) is 1.52. The van der Waals surface area contributed by atoms with Crippen LogP contribution in [0.15, 0.2) is 36.4 Å². The van der Waals surface area contributed by atoms with E-state index in [2.05, 4.69) is 5.32 Å². The molecule has 0 aromatic heterocycles. The standard InChI is InChI=1S/C10H9NO4/c12-8-4-2-1-3-7(8)11-9(13)5-6-10(14)15/h1-6,12H,(H,11,13)(H,14,15)/p-1/b6-5+. The first-order chi connectivity index (χ1) is 7.09. The molecule has 1 aromatic rings. The SMILES string of the molecule is O=C(O)/C=C/C(=O)Nc1ccccc1[O-]. The van der Waals surface area contributed by atoms with Crippen LogP contribution >= 0.6 is 0 Å². The maximum absolute atomic E-state index is 11.1. The number of para-hydroxylation sites is 2. The third-order valence-corrected chi connectivity index (χ3v) is 1.52. The molecule has 0 aliphatic heterocycles. The predicted octanol–water partition coefficient (Wildman–Crippen LogP) is 0.339. The molecule has 0 saturated carbocycles. The highest BCUT2D eigenvalue weighted by Gasteiger charge is 1.98. The highest BCUT2D eigenvalue weighted by molar-refractivity contribution is 6.02. The van der Waals surface area contributed by atoms with E-state index in [0.29, 0.717) is 6.08 Å². The second-order valence-electron chi connectivity index (χ2n) is 2.66. The maximum Gasteiger partial charge on any atom is 0.328 e. The molecule has 0 saturated heterocycles. The van der Waals surface area contributed by atoms with Gasteiger partial charge in [-0.05, 0) is 6.07 Å². The Kier molecular flexibility index (Phi) is 3.45. The Labute approximate surface area is 85.7 Å². The average molecular weight is 206 g/mol. The van der Waals surface area contributed by atoms with Crippen molar-refractivity contribution in [3.8, 4) is 5.75 Å². The van der Waals surface area contributed by atoms with Crippen molar-refractivity contribution in [3.63, 3.8) is 0 Å². The van der Waals surface area contributed by atoms with Gasteiger partial charge in [-0.2, -0.15) is 0 Å². The largest absolute Gasteiger partial charge is 0.871 e. The van der Waals surface area contributed by atoms with Crippen molar-refractivity contribution in [1.29, 1.82) is 0 Å². The summed E-state index contributed by atoms with van der Waals surface area (Å²) in [6.45, 7) is 0. The minimum atomic E-state index is -1.22. The summed E-state index contributed by atoms with van der Waals surface area (Å²) >= 11 is 0. The van der Waals surface area contributed by atoms with Crippen molar-refractivity contribution in [1.82, 2.24) is 0 Å². The van der Waals surface area contributed by atoms with Gasteiger partial charge in [0.15, 0.2) is 0 Å². The highest BCUT2D eigenvalue weighted by atomic mass is 16.4. The zero-order chi connectivity index (χ0) is 11.3. The molecule has 5 heteroatoms. The van der Waals surface area contributed by atoms with Crippen molar-refractivity contribution in [3.05, 3.63) is 36.4 Å². The first-order valence-corrected chi connectivity index (χ1v) is 4.07. The van der Waals surface area contributed by atoms with Crippen LogP contribution in [-0.4, -0.2) is 17.0 Å². The molecule has 15 heavy (non-hydrogen) atoms. The van der Waals surface area contributed by atoms with E-state index in [1.54, 1.807) is 12.1 Å². The topological polar surface area (TPSA) is 89.5 Å². The summed E-state index contributed by atoms with van der Waals surface area (Å²) < 4.78 is 0. The molecular formula is C10H8NO4-. The predicted molar refractivity (Wildman–Crippen MR) is 51.3 cm³/mol. The molecule has 5 nitrogen and oxygen atoms in total. The number of carboxylic acids is 1. The number of benzene rings is 1. The lowest BCUT2D eigenvalue weighted by atomic mass is 10.3. The van der Waals surface area contributed by atoms with E-state index >= 15 is 0 Å². The van der Waals surface area contributed by atoms with Crippen LogP contribution in [0.3, 0.4) is 0 Å². The highest BCUT2D eigenvalue weighted by Crippen LogP contribution is 2.17. The molecule has 0 radical (unpaired) electrons. The molecule has 0 aliphatic rings. The van der Waals surface area contributed by atoms with Gasteiger partial charge >= 0.3 is 5.97 Å². The molecule has 1 amide bonds. The molecular weight excluding hydrogens is 198 g/mol. The lowest BCUT2D eigenvalue weighted by Gasteiger charge is -2.12. The Bertz CT molecular complexity index is 412. The van der Waals surface area contributed by atoms with E-state index in [9.17, 15) is 14.7 Å². The van der Waals surface area contributed by atoms with Crippen molar-refractivity contribution < 1.29 is 19.8 Å². The summed E-state index contributed by atoms with van der Waals surface area (Å²) in [4.78, 5) is 21.2. The fourth-order valence-electron chi connectivity index (χ4n) is 0.891. The Morgan fingerprint density at radius 3 is 2.53 bits per heavy atom. The van der Waals surface area contributed by atoms with Gasteiger partial charge in [0, 0.05) is 17.8 Å². The van der Waals surface area contributed by atoms with Crippen LogP contribution in [-0.2, 0) is 9.59 Å². The lowest BCUT2D eigenvalue weighted by molar-refractivity contribution is -0.267. The zero-order valence-electron chi connectivity index (χ0n) is 7.64. The number of carbonyl (C=O) groups is 2. The number of aliphatic carboxylic acids is 1. The van der Waals surface area contributed by atoms with Crippen LogP contribution in [0.1, 0.15) is 0 Å². The van der Waals surface area contributed by atoms with E-state index in [-0.39, 0.29) is 11.4 Å². The molecule has 0 heterocycles. The number of hydrogen-bond acceptors (Lipinski definition) is 3. The fraction of sp³-hybridized carbons (Fsp3) is 0. The summed E-state index contributed by atoms with van der Waals surface area (Å²) in [5.74, 6) is -2.20. The van der Waals surface area contributed by atoms with Gasteiger partial charge in [-0.3, -0.25) is 4.79 Å². The van der Waals surface area contributed by atoms with Gasteiger partial charge in [0.05, 0.1) is 0 Å². The first-order valence-electron chi connectivity index (χ1n) is 4.07. The van der Waals surface area contributed by atoms with Gasteiger partial charge in [0.25, 0.3) is 0 Å². The lowest BCUT2D eigenvalue weighted by Crippen LogP contribution is -2.10. The minimum absolute atomic E-state index is 0.123. The molecule has 0 aliphatic carbocycles. The van der Waals surface area contributed by atoms with Crippen LogP contribution in [0.5, 0.6) is 5.75 Å². The minimum Gasteiger partial charge on any atom is -0.871 e. The van der Waals surface area contributed by atoms with E-state index < -0.39 is 11.9 Å². The summed E-state index contributed by atoms with van der Waals surface area (Å²) in [6, 6.07) is 5.88.